The molecule has 78 valence electrons. The lowest BCUT2D eigenvalue weighted by Crippen LogP contribution is -2.40. The number of aromatic nitrogens is 1. The Morgan fingerprint density at radius 1 is 1.60 bits per heavy atom. The molecule has 0 aliphatic heterocycles. The molecule has 0 spiro atoms. The molecule has 1 aromatic rings. The van der Waals surface area contributed by atoms with Gasteiger partial charge >= 0.3 is 0 Å². The molecule has 0 bridgehead atoms. The summed E-state index contributed by atoms with van der Waals surface area (Å²) >= 11 is 0. The Labute approximate surface area is 90.1 Å². The van der Waals surface area contributed by atoms with Crippen LogP contribution in [-0.2, 0) is 0 Å². The van der Waals surface area contributed by atoms with E-state index in [2.05, 4.69) is 16.4 Å². The largest absolute Gasteiger partial charge is 0.312 e. The predicted octanol–water partition coefficient (Wildman–Crippen LogP) is 2.04. The van der Waals surface area contributed by atoms with Gasteiger partial charge in [0.2, 0.25) is 0 Å². The highest BCUT2D eigenvalue weighted by Crippen LogP contribution is 2.49. The van der Waals surface area contributed by atoms with Gasteiger partial charge in [0.05, 0.1) is 17.5 Å². The van der Waals surface area contributed by atoms with Crippen molar-refractivity contribution in [1.29, 1.82) is 5.26 Å². The minimum absolute atomic E-state index is 0.116. The van der Waals surface area contributed by atoms with Crippen LogP contribution in [0.2, 0.25) is 0 Å². The Hall–Kier alpha value is -1.40. The van der Waals surface area contributed by atoms with Crippen LogP contribution in [0.15, 0.2) is 24.5 Å². The lowest BCUT2D eigenvalue weighted by molar-refractivity contribution is 0.149. The topological polar surface area (TPSA) is 48.7 Å². The first-order valence-corrected chi connectivity index (χ1v) is 5.31. The maximum atomic E-state index is 9.29. The van der Waals surface area contributed by atoms with Gasteiger partial charge in [-0.1, -0.05) is 12.5 Å². The van der Waals surface area contributed by atoms with Gasteiger partial charge < -0.3 is 5.32 Å². The summed E-state index contributed by atoms with van der Waals surface area (Å²) in [5.74, 6) is 0. The van der Waals surface area contributed by atoms with Gasteiger partial charge in [-0.3, -0.25) is 4.98 Å². The lowest BCUT2D eigenvalue weighted by atomic mass is 9.63. The summed E-state index contributed by atoms with van der Waals surface area (Å²) in [4.78, 5) is 4.11. The predicted molar refractivity (Wildman–Crippen MR) is 57.9 cm³/mol. The van der Waals surface area contributed by atoms with E-state index in [9.17, 15) is 5.26 Å². The molecule has 2 rings (SSSR count). The van der Waals surface area contributed by atoms with Crippen molar-refractivity contribution >= 4 is 0 Å². The maximum Gasteiger partial charge on any atom is 0.0768 e. The second kappa shape index (κ2) is 4.00. The van der Waals surface area contributed by atoms with Crippen LogP contribution >= 0.6 is 0 Å². The molecule has 1 N–H and O–H groups in total. The van der Waals surface area contributed by atoms with Gasteiger partial charge in [-0.2, -0.15) is 5.26 Å². The molecule has 1 atom stereocenters. The molecule has 1 heterocycles. The van der Waals surface area contributed by atoms with E-state index in [4.69, 9.17) is 0 Å². The van der Waals surface area contributed by atoms with Crippen molar-refractivity contribution < 1.29 is 0 Å². The third kappa shape index (κ3) is 1.62. The fraction of sp³-hybridized carbons (Fsp3) is 0.500. The molecule has 0 amide bonds. The fourth-order valence-electron chi connectivity index (χ4n) is 2.33. The van der Waals surface area contributed by atoms with Crippen molar-refractivity contribution in [3.8, 4) is 6.07 Å². The average molecular weight is 201 g/mol. The van der Waals surface area contributed by atoms with Crippen LogP contribution in [0.1, 0.15) is 30.9 Å². The molecule has 1 aliphatic carbocycles. The van der Waals surface area contributed by atoms with E-state index in [1.165, 1.54) is 0 Å². The molecule has 3 nitrogen and oxygen atoms in total. The average Bonchev–Trinajstić information content (AvgIpc) is 2.24. The summed E-state index contributed by atoms with van der Waals surface area (Å²) < 4.78 is 0. The van der Waals surface area contributed by atoms with E-state index >= 15 is 0 Å². The van der Waals surface area contributed by atoms with E-state index in [1.54, 1.807) is 6.20 Å². The minimum Gasteiger partial charge on any atom is -0.312 e. The van der Waals surface area contributed by atoms with Gasteiger partial charge in [-0.25, -0.2) is 0 Å². The molecule has 1 fully saturated rings. The fourth-order valence-corrected chi connectivity index (χ4v) is 2.33. The molecular formula is C12H15N3. The first-order valence-electron chi connectivity index (χ1n) is 5.31. The number of hydrogen-bond acceptors (Lipinski definition) is 3. The van der Waals surface area contributed by atoms with Crippen molar-refractivity contribution in [3.63, 3.8) is 0 Å². The van der Waals surface area contributed by atoms with Crippen LogP contribution in [0.5, 0.6) is 0 Å². The number of hydrogen-bond donors (Lipinski definition) is 1. The Balaban J connectivity index is 2.29. The summed E-state index contributed by atoms with van der Waals surface area (Å²) in [5, 5.41) is 12.5. The van der Waals surface area contributed by atoms with Crippen LogP contribution in [0, 0.1) is 16.7 Å². The van der Waals surface area contributed by atoms with Gasteiger partial charge in [0, 0.05) is 12.4 Å². The molecule has 1 unspecified atom stereocenters. The molecule has 1 aromatic heterocycles. The third-order valence-corrected chi connectivity index (χ3v) is 3.33. The van der Waals surface area contributed by atoms with E-state index < -0.39 is 0 Å². The standard InChI is InChI=1S/C12H15N3/c1-14-11(10-4-2-7-15-8-10)12(9-13)5-3-6-12/h2,4,7-8,11,14H,3,5-6H2,1H3. The third-order valence-electron chi connectivity index (χ3n) is 3.33. The normalized spacial score (nSPS) is 20.0. The SMILES string of the molecule is CNC(c1cccnc1)C1(C#N)CCC1. The Kier molecular flexibility index (Phi) is 2.70. The quantitative estimate of drug-likeness (QED) is 0.814. The molecule has 1 saturated carbocycles. The second-order valence-electron chi connectivity index (χ2n) is 4.13. The second-order valence-corrected chi connectivity index (χ2v) is 4.13. The Morgan fingerprint density at radius 3 is 2.80 bits per heavy atom. The minimum atomic E-state index is -0.211. The van der Waals surface area contributed by atoms with E-state index in [-0.39, 0.29) is 11.5 Å². The number of nitriles is 1. The summed E-state index contributed by atoms with van der Waals surface area (Å²) in [6.45, 7) is 0. The van der Waals surface area contributed by atoms with Crippen LogP contribution in [0.25, 0.3) is 0 Å². The number of nitrogens with one attached hydrogen (secondary N) is 1. The molecular weight excluding hydrogens is 186 g/mol. The zero-order valence-corrected chi connectivity index (χ0v) is 8.90. The summed E-state index contributed by atoms with van der Waals surface area (Å²) in [5.41, 5.74) is 0.902. The zero-order valence-electron chi connectivity index (χ0n) is 8.90. The highest BCUT2D eigenvalue weighted by Gasteiger charge is 2.44. The van der Waals surface area contributed by atoms with Crippen LogP contribution in [0.3, 0.4) is 0 Å². The van der Waals surface area contributed by atoms with Gasteiger partial charge in [0.25, 0.3) is 0 Å². The van der Waals surface area contributed by atoms with Gasteiger partial charge in [-0.05, 0) is 31.5 Å². The zero-order chi connectivity index (χ0) is 10.7. The van der Waals surface area contributed by atoms with E-state index in [0.29, 0.717) is 0 Å². The highest BCUT2D eigenvalue weighted by atomic mass is 14.9. The summed E-state index contributed by atoms with van der Waals surface area (Å²) in [7, 11) is 1.91. The molecule has 15 heavy (non-hydrogen) atoms. The number of nitrogens with zero attached hydrogens (tertiary/aromatic N) is 2. The Morgan fingerprint density at radius 2 is 2.40 bits per heavy atom. The van der Waals surface area contributed by atoms with Crippen LogP contribution < -0.4 is 5.32 Å². The summed E-state index contributed by atoms with van der Waals surface area (Å²) in [6.07, 6.45) is 6.74. The van der Waals surface area contributed by atoms with Gasteiger partial charge in [0.1, 0.15) is 0 Å². The lowest BCUT2D eigenvalue weighted by Gasteiger charge is -2.42. The molecule has 0 saturated heterocycles. The Bertz CT molecular complexity index is 362. The van der Waals surface area contributed by atoms with Crippen molar-refractivity contribution in [2.75, 3.05) is 7.05 Å². The van der Waals surface area contributed by atoms with Gasteiger partial charge in [0.15, 0.2) is 0 Å². The number of pyridine rings is 1. The first-order chi connectivity index (χ1) is 7.32. The van der Waals surface area contributed by atoms with Crippen molar-refractivity contribution in [1.82, 2.24) is 10.3 Å². The molecule has 0 radical (unpaired) electrons. The monoisotopic (exact) mass is 201 g/mol. The van der Waals surface area contributed by atoms with Crippen molar-refractivity contribution in [2.45, 2.75) is 25.3 Å². The first kappa shape index (κ1) is 10.1. The number of rotatable bonds is 3. The molecule has 0 aromatic carbocycles. The smallest absolute Gasteiger partial charge is 0.0768 e. The molecule has 3 heteroatoms. The summed E-state index contributed by atoms with van der Waals surface area (Å²) in [6, 6.07) is 6.54. The molecule has 1 aliphatic rings. The maximum absolute atomic E-state index is 9.29. The highest BCUT2D eigenvalue weighted by molar-refractivity contribution is 5.23. The van der Waals surface area contributed by atoms with E-state index in [1.807, 2.05) is 25.4 Å². The van der Waals surface area contributed by atoms with E-state index in [0.717, 1.165) is 24.8 Å². The van der Waals surface area contributed by atoms with Crippen molar-refractivity contribution in [2.24, 2.45) is 5.41 Å². The van der Waals surface area contributed by atoms with Gasteiger partial charge in [-0.15, -0.1) is 0 Å². The van der Waals surface area contributed by atoms with Crippen LogP contribution in [-0.4, -0.2) is 12.0 Å². The van der Waals surface area contributed by atoms with Crippen LogP contribution in [0.4, 0.5) is 0 Å². The van der Waals surface area contributed by atoms with Crippen molar-refractivity contribution in [3.05, 3.63) is 30.1 Å².